The molecule has 1 N–H and O–H groups in total. The van der Waals surface area contributed by atoms with Crippen molar-refractivity contribution in [1.29, 1.82) is 0 Å². The summed E-state index contributed by atoms with van der Waals surface area (Å²) in [5.41, 5.74) is 2.65. The lowest BCUT2D eigenvalue weighted by Gasteiger charge is -2.18. The monoisotopic (exact) mass is 246 g/mol. The largest absolute Gasteiger partial charge is 0.481 e. The minimum absolute atomic E-state index is 0.240. The van der Waals surface area contributed by atoms with Gasteiger partial charge in [0.05, 0.1) is 0 Å². The van der Waals surface area contributed by atoms with E-state index >= 15 is 0 Å². The van der Waals surface area contributed by atoms with Gasteiger partial charge in [-0.05, 0) is 36.3 Å². The Kier molecular flexibility index (Phi) is 4.80. The van der Waals surface area contributed by atoms with Crippen molar-refractivity contribution in [1.82, 2.24) is 0 Å². The van der Waals surface area contributed by atoms with Gasteiger partial charge in [0.25, 0.3) is 0 Å². The summed E-state index contributed by atoms with van der Waals surface area (Å²) < 4.78 is 0. The lowest BCUT2D eigenvalue weighted by Crippen LogP contribution is -2.04. The van der Waals surface area contributed by atoms with Gasteiger partial charge in [-0.2, -0.15) is 0 Å². The molecule has 0 spiro atoms. The highest BCUT2D eigenvalue weighted by atomic mass is 16.4. The van der Waals surface area contributed by atoms with Gasteiger partial charge in [0.15, 0.2) is 0 Å². The van der Waals surface area contributed by atoms with Crippen LogP contribution in [0, 0.1) is 0 Å². The van der Waals surface area contributed by atoms with Crippen molar-refractivity contribution in [3.63, 3.8) is 0 Å². The number of carbonyl (C=O) groups is 1. The molecule has 0 aromatic heterocycles. The smallest absolute Gasteiger partial charge is 0.303 e. The summed E-state index contributed by atoms with van der Waals surface area (Å²) in [4.78, 5) is 10.7. The summed E-state index contributed by atoms with van der Waals surface area (Å²) in [6.45, 7) is 0. The molecule has 98 valence electrons. The minimum atomic E-state index is -0.703. The maximum Gasteiger partial charge on any atom is 0.303 e. The Morgan fingerprint density at radius 3 is 2.44 bits per heavy atom. The molecule has 0 amide bonds. The van der Waals surface area contributed by atoms with E-state index in [1.165, 1.54) is 49.7 Å². The van der Waals surface area contributed by atoms with Crippen molar-refractivity contribution < 1.29 is 9.90 Å². The Balaban J connectivity index is 2.12. The van der Waals surface area contributed by atoms with E-state index in [1.807, 2.05) is 6.07 Å². The number of carboxylic acid groups (broad SMARTS) is 1. The van der Waals surface area contributed by atoms with E-state index in [0.717, 1.165) is 0 Å². The van der Waals surface area contributed by atoms with Crippen LogP contribution >= 0.6 is 0 Å². The van der Waals surface area contributed by atoms with Gasteiger partial charge >= 0.3 is 5.97 Å². The quantitative estimate of drug-likeness (QED) is 0.811. The van der Waals surface area contributed by atoms with Gasteiger partial charge in [0, 0.05) is 6.42 Å². The van der Waals surface area contributed by atoms with Crippen LogP contribution in [-0.4, -0.2) is 11.1 Å². The first-order chi connectivity index (χ1) is 8.77. The van der Waals surface area contributed by atoms with Crippen LogP contribution in [0.3, 0.4) is 0 Å². The maximum atomic E-state index is 10.7. The predicted octanol–water partition coefficient (Wildman–Crippen LogP) is 4.14. The van der Waals surface area contributed by atoms with Crippen molar-refractivity contribution in [3.8, 4) is 0 Å². The number of carboxylic acids is 1. The number of rotatable bonds is 4. The van der Waals surface area contributed by atoms with Gasteiger partial charge in [0.2, 0.25) is 0 Å². The normalized spacial score (nSPS) is 17.3. The Bertz CT molecular complexity index is 390. The molecule has 2 nitrogen and oxygen atoms in total. The first-order valence-corrected chi connectivity index (χ1v) is 7.07. The number of benzene rings is 1. The average Bonchev–Trinajstić information content (AvgIpc) is 2.65. The number of aryl methyl sites for hydroxylation is 1. The highest BCUT2D eigenvalue weighted by Crippen LogP contribution is 2.33. The van der Waals surface area contributed by atoms with Crippen LogP contribution in [0.4, 0.5) is 0 Å². The van der Waals surface area contributed by atoms with E-state index in [1.54, 1.807) is 0 Å². The van der Waals surface area contributed by atoms with Crippen molar-refractivity contribution >= 4 is 5.97 Å². The van der Waals surface area contributed by atoms with Crippen molar-refractivity contribution in [3.05, 3.63) is 35.4 Å². The third kappa shape index (κ3) is 3.59. The Labute approximate surface area is 109 Å². The molecule has 0 aliphatic heterocycles. The van der Waals surface area contributed by atoms with E-state index in [2.05, 4.69) is 18.2 Å². The Morgan fingerprint density at radius 2 is 1.78 bits per heavy atom. The van der Waals surface area contributed by atoms with Crippen LogP contribution in [0.5, 0.6) is 0 Å². The van der Waals surface area contributed by atoms with Gasteiger partial charge in [-0.1, -0.05) is 49.9 Å². The van der Waals surface area contributed by atoms with Crippen molar-refractivity contribution in [2.24, 2.45) is 0 Å². The second-order valence-corrected chi connectivity index (χ2v) is 5.28. The fourth-order valence-corrected chi connectivity index (χ4v) is 2.99. The van der Waals surface area contributed by atoms with Gasteiger partial charge in [0.1, 0.15) is 0 Å². The third-order valence-electron chi connectivity index (χ3n) is 3.96. The van der Waals surface area contributed by atoms with Gasteiger partial charge in [-0.3, -0.25) is 4.79 Å². The summed E-state index contributed by atoms with van der Waals surface area (Å²) in [6.07, 6.45) is 8.79. The van der Waals surface area contributed by atoms with Crippen LogP contribution in [0.2, 0.25) is 0 Å². The van der Waals surface area contributed by atoms with Crippen LogP contribution < -0.4 is 0 Å². The van der Waals surface area contributed by atoms with E-state index in [0.29, 0.717) is 12.3 Å². The highest BCUT2D eigenvalue weighted by Gasteiger charge is 2.17. The lowest BCUT2D eigenvalue weighted by atomic mass is 9.87. The third-order valence-corrected chi connectivity index (χ3v) is 3.96. The highest BCUT2D eigenvalue weighted by molar-refractivity contribution is 5.67. The second-order valence-electron chi connectivity index (χ2n) is 5.28. The first-order valence-electron chi connectivity index (χ1n) is 7.07. The summed E-state index contributed by atoms with van der Waals surface area (Å²) in [7, 11) is 0. The zero-order chi connectivity index (χ0) is 12.8. The standard InChI is InChI=1S/C16H22O2/c17-16(18)12-11-14-9-5-6-10-15(14)13-7-3-1-2-4-8-13/h5-6,9-10,13H,1-4,7-8,11-12H2,(H,17,18). The molecule has 1 fully saturated rings. The molecule has 0 heterocycles. The molecule has 1 aromatic carbocycles. The fraction of sp³-hybridized carbons (Fsp3) is 0.562. The first kappa shape index (κ1) is 13.1. The summed E-state index contributed by atoms with van der Waals surface area (Å²) in [5.74, 6) is -0.0526. The predicted molar refractivity (Wildman–Crippen MR) is 72.8 cm³/mol. The molecule has 0 bridgehead atoms. The zero-order valence-electron chi connectivity index (χ0n) is 10.9. The fourth-order valence-electron chi connectivity index (χ4n) is 2.99. The van der Waals surface area contributed by atoms with E-state index in [4.69, 9.17) is 5.11 Å². The molecule has 2 heteroatoms. The topological polar surface area (TPSA) is 37.3 Å². The van der Waals surface area contributed by atoms with E-state index in [9.17, 15) is 4.79 Å². The van der Waals surface area contributed by atoms with Crippen LogP contribution in [-0.2, 0) is 11.2 Å². The lowest BCUT2D eigenvalue weighted by molar-refractivity contribution is -0.136. The average molecular weight is 246 g/mol. The summed E-state index contributed by atoms with van der Waals surface area (Å²) in [5, 5.41) is 8.82. The maximum absolute atomic E-state index is 10.7. The molecule has 0 atom stereocenters. The Hall–Kier alpha value is -1.31. The van der Waals surface area contributed by atoms with Gasteiger partial charge in [-0.25, -0.2) is 0 Å². The number of hydrogen-bond acceptors (Lipinski definition) is 1. The van der Waals surface area contributed by atoms with Crippen LogP contribution in [0.15, 0.2) is 24.3 Å². The molecule has 1 saturated carbocycles. The van der Waals surface area contributed by atoms with E-state index < -0.39 is 5.97 Å². The molecule has 18 heavy (non-hydrogen) atoms. The van der Waals surface area contributed by atoms with Crippen LogP contribution in [0.1, 0.15) is 62.0 Å². The molecule has 1 aliphatic rings. The molecular formula is C16H22O2. The SMILES string of the molecule is O=C(O)CCc1ccccc1C1CCCCCC1. The minimum Gasteiger partial charge on any atom is -0.481 e. The van der Waals surface area contributed by atoms with Gasteiger partial charge in [-0.15, -0.1) is 0 Å². The number of hydrogen-bond donors (Lipinski definition) is 1. The summed E-state index contributed by atoms with van der Waals surface area (Å²) >= 11 is 0. The van der Waals surface area contributed by atoms with E-state index in [-0.39, 0.29) is 6.42 Å². The summed E-state index contributed by atoms with van der Waals surface area (Å²) in [6, 6.07) is 8.41. The molecule has 0 unspecified atom stereocenters. The van der Waals surface area contributed by atoms with Gasteiger partial charge < -0.3 is 5.11 Å². The molecule has 1 aromatic rings. The Morgan fingerprint density at radius 1 is 1.11 bits per heavy atom. The van der Waals surface area contributed by atoms with Crippen molar-refractivity contribution in [2.75, 3.05) is 0 Å². The zero-order valence-corrected chi connectivity index (χ0v) is 10.9. The number of aliphatic carboxylic acids is 1. The van der Waals surface area contributed by atoms with Crippen LogP contribution in [0.25, 0.3) is 0 Å². The second kappa shape index (κ2) is 6.58. The molecule has 0 radical (unpaired) electrons. The molecule has 1 aliphatic carbocycles. The molecule has 2 rings (SSSR count). The molecular weight excluding hydrogens is 224 g/mol. The molecule has 0 saturated heterocycles. The van der Waals surface area contributed by atoms with Crippen molar-refractivity contribution in [2.45, 2.75) is 57.3 Å².